The van der Waals surface area contributed by atoms with E-state index in [9.17, 15) is 97.3 Å². The molecule has 0 aromatic rings. The number of hydrogen-bond donors (Lipinski definition) is 5. The molecule has 14 fully saturated rings. The summed E-state index contributed by atoms with van der Waals surface area (Å²) in [6.07, 6.45) is 25.7. The van der Waals surface area contributed by atoms with Gasteiger partial charge in [-0.15, -0.1) is 11.6 Å². The Hall–Kier alpha value is -6.69. The number of aliphatic hydroxyl groups is 5. The van der Waals surface area contributed by atoms with E-state index < -0.39 is 188 Å². The number of halogens is 3. The first kappa shape index (κ1) is 99.8. The summed E-state index contributed by atoms with van der Waals surface area (Å²) in [6, 6.07) is 0. The predicted molar refractivity (Wildman–Crippen MR) is 473 cm³/mol. The number of esters is 3. The maximum Gasteiger partial charge on any atom is 0.306 e. The molecule has 1 spiro atoms. The van der Waals surface area contributed by atoms with Gasteiger partial charge in [-0.25, -0.2) is 8.78 Å². The Bertz CT molecular complexity index is 5110. The molecule has 724 valence electrons. The smallest absolute Gasteiger partial charge is 0.306 e. The molecule has 26 nitrogen and oxygen atoms in total. The van der Waals surface area contributed by atoms with Gasteiger partial charge in [0.15, 0.2) is 82.0 Å². The van der Waals surface area contributed by atoms with Crippen molar-refractivity contribution < 1.29 is 134 Å². The predicted octanol–water partition coefficient (Wildman–Crippen LogP) is 12.7. The quantitative estimate of drug-likeness (QED) is 0.0368. The van der Waals surface area contributed by atoms with Crippen LogP contribution in [0.1, 0.15) is 263 Å². The van der Waals surface area contributed by atoms with E-state index in [1.807, 2.05) is 40.7 Å². The van der Waals surface area contributed by atoms with Gasteiger partial charge in [0.25, 0.3) is 0 Å². The highest BCUT2D eigenvalue weighted by molar-refractivity contribution is 7.50. The van der Waals surface area contributed by atoms with Crippen LogP contribution < -0.4 is 4.89 Å². The van der Waals surface area contributed by atoms with Gasteiger partial charge < -0.3 is 68.0 Å². The van der Waals surface area contributed by atoms with Gasteiger partial charge in [-0.3, -0.25) is 57.5 Å². The van der Waals surface area contributed by atoms with Crippen LogP contribution in [0.2, 0.25) is 0 Å². The van der Waals surface area contributed by atoms with Crippen LogP contribution in [0.4, 0.5) is 8.78 Å². The first-order valence-electron chi connectivity index (χ1n) is 48.0. The highest BCUT2D eigenvalue weighted by Gasteiger charge is 2.83. The molecule has 5 N–H and O–H groups in total. The SMILES string of the molecule is CC(=O)CCC(=O)OCC(=O)C1(O)CCC2C3CCC4=CC(=O)C=CC4(C)C3C(O)CC21C.CC(=O)OCC(=O)C12OC3(CCCC3)OC1CC1C3CCC4=CC(=O)C=CC4(C)C3(F)C(O)CC12C.CC12CCC(=O)C=C1CCC1C2C(O)CC2(C)C1CCC2(O)C(=O)COP(C)(=O)[O-].CCCC(=O)OC1(C(=O)CCl)C(C)CC2C3CCC4=CC(=O)C=CC4(C)C3(F)C(=O)CC21C. The van der Waals surface area contributed by atoms with Crippen molar-refractivity contribution in [3.05, 3.63) is 83.1 Å². The Morgan fingerprint density at radius 3 is 1.67 bits per heavy atom. The van der Waals surface area contributed by atoms with E-state index in [4.69, 9.17) is 39.8 Å². The molecule has 0 aromatic carbocycles. The fourth-order valence-corrected chi connectivity index (χ4v) is 32.1. The van der Waals surface area contributed by atoms with Crippen molar-refractivity contribution in [2.45, 2.75) is 327 Å². The number of ether oxygens (including phenoxy) is 5. The molecule has 17 aliphatic carbocycles. The van der Waals surface area contributed by atoms with Crippen LogP contribution >= 0.6 is 19.2 Å². The zero-order valence-corrected chi connectivity index (χ0v) is 80.1. The molecule has 1 saturated heterocycles. The van der Waals surface area contributed by atoms with Crippen LogP contribution in [0, 0.1) is 108 Å². The lowest BCUT2D eigenvalue weighted by molar-refractivity contribution is -0.253. The molecule has 1 heterocycles. The van der Waals surface area contributed by atoms with Gasteiger partial charge in [-0.1, -0.05) is 95.9 Å². The minimum atomic E-state index is -4.08. The Morgan fingerprint density at radius 2 is 1.09 bits per heavy atom. The summed E-state index contributed by atoms with van der Waals surface area (Å²) in [5, 5.41) is 57.3. The van der Waals surface area contributed by atoms with Crippen molar-refractivity contribution in [2.24, 2.45) is 108 Å². The molecule has 0 amide bonds. The van der Waals surface area contributed by atoms with Gasteiger partial charge >= 0.3 is 17.9 Å². The Balaban J connectivity index is 0.000000135. The van der Waals surface area contributed by atoms with Gasteiger partial charge in [0.05, 0.1) is 36.7 Å². The summed E-state index contributed by atoms with van der Waals surface area (Å²) in [6.45, 7) is 20.8. The van der Waals surface area contributed by atoms with Gasteiger partial charge in [-0.05, 0) is 245 Å². The van der Waals surface area contributed by atoms with Crippen molar-refractivity contribution in [1.82, 2.24) is 0 Å². The van der Waals surface area contributed by atoms with Crippen LogP contribution in [-0.2, 0) is 95.1 Å². The second kappa shape index (κ2) is 34.7. The Morgan fingerprint density at radius 1 is 0.561 bits per heavy atom. The molecular weight excluding hydrogens is 1750 g/mol. The van der Waals surface area contributed by atoms with E-state index in [0.717, 1.165) is 62.8 Å². The van der Waals surface area contributed by atoms with Gasteiger partial charge in [0.2, 0.25) is 11.6 Å². The fourth-order valence-electron chi connectivity index (χ4n) is 31.6. The maximum atomic E-state index is 17.4. The number of allylic oxidation sites excluding steroid dienone is 13. The molecule has 13 saturated carbocycles. The molecule has 18 rings (SSSR count). The first-order chi connectivity index (χ1) is 61.6. The summed E-state index contributed by atoms with van der Waals surface area (Å²) >= 11 is 6.02. The van der Waals surface area contributed by atoms with Gasteiger partial charge in [0.1, 0.15) is 31.2 Å². The number of rotatable bonds is 18. The van der Waals surface area contributed by atoms with Crippen molar-refractivity contribution in [3.63, 3.8) is 0 Å². The average Bonchev–Trinajstić information content (AvgIpc) is 1.47. The average molecular weight is 1880 g/mol. The van der Waals surface area contributed by atoms with Crippen LogP contribution in [0.15, 0.2) is 83.1 Å². The molecule has 0 aromatic heterocycles. The Kier molecular flexibility index (Phi) is 26.2. The summed E-state index contributed by atoms with van der Waals surface area (Å²) in [5.41, 5.74) is -13.6. The zero-order valence-electron chi connectivity index (χ0n) is 78.5. The lowest BCUT2D eigenvalue weighted by Gasteiger charge is -2.62. The number of carbonyl (C=O) groups is 13. The molecule has 30 atom stereocenters. The molecular formula is C102H133ClF2O26P-. The van der Waals surface area contributed by atoms with Crippen molar-refractivity contribution in [1.29, 1.82) is 0 Å². The second-order valence-corrected chi connectivity index (χ2v) is 46.4. The highest BCUT2D eigenvalue weighted by Crippen LogP contribution is 2.76. The minimum Gasteiger partial charge on any atom is -0.779 e. The molecule has 0 bridgehead atoms. The number of Topliss-reactive ketones (excluding diaryl/α,β-unsaturated/α-hetero) is 6. The molecule has 1 aliphatic heterocycles. The number of aliphatic hydroxyl groups excluding tert-OH is 3. The van der Waals surface area contributed by atoms with Crippen molar-refractivity contribution >= 4 is 94.9 Å². The number of carbonyl (C=O) groups excluding carboxylic acids is 13. The lowest BCUT2D eigenvalue weighted by Crippen LogP contribution is -2.70. The van der Waals surface area contributed by atoms with Crippen LogP contribution in [0.3, 0.4) is 0 Å². The Labute approximate surface area is 775 Å². The maximum absolute atomic E-state index is 17.4. The van der Waals surface area contributed by atoms with Gasteiger partial charge in [-0.2, -0.15) is 0 Å². The zero-order chi connectivity index (χ0) is 96.4. The van der Waals surface area contributed by atoms with Gasteiger partial charge in [0, 0.05) is 114 Å². The van der Waals surface area contributed by atoms with E-state index in [1.54, 1.807) is 51.2 Å². The lowest BCUT2D eigenvalue weighted by atomic mass is 9.44. The largest absolute Gasteiger partial charge is 0.779 e. The normalized spacial score (nSPS) is 45.3. The number of ketones is 10. The summed E-state index contributed by atoms with van der Waals surface area (Å²) in [5.74, 6) is -7.78. The van der Waals surface area contributed by atoms with E-state index in [2.05, 4.69) is 13.8 Å². The van der Waals surface area contributed by atoms with Crippen LogP contribution in [0.25, 0.3) is 0 Å². The number of hydrogen-bond acceptors (Lipinski definition) is 26. The monoisotopic (exact) mass is 1880 g/mol. The molecule has 132 heavy (non-hydrogen) atoms. The summed E-state index contributed by atoms with van der Waals surface area (Å²) in [4.78, 5) is 173. The number of fused-ring (bicyclic) bond motifs is 22. The second-order valence-electron chi connectivity index (χ2n) is 44.3. The third-order valence-corrected chi connectivity index (χ3v) is 38.8. The van der Waals surface area contributed by atoms with E-state index in [-0.39, 0.29) is 151 Å². The number of alkyl halides is 3. The summed E-state index contributed by atoms with van der Waals surface area (Å²) in [7, 11) is -4.08. The van der Waals surface area contributed by atoms with E-state index in [0.29, 0.717) is 88.2 Å². The van der Waals surface area contributed by atoms with Crippen LogP contribution in [0.5, 0.6) is 0 Å². The van der Waals surface area contributed by atoms with Crippen molar-refractivity contribution in [3.8, 4) is 0 Å². The fraction of sp³-hybridized carbons (Fsp3) is 0.735. The highest BCUT2D eigenvalue weighted by atomic mass is 35.5. The standard InChI is InChI=1S/C28H35FO7.C26H32ClFO5.C26H34O7.C22H33O7P/c1-16(30)34-15-22(33)28-23(35-26(36-28)9-4-5-10-26)13-20-19-7-6-17-12-18(31)8-11-24(17,2)27(19,29)21(32)14-25(20,28)3;1-5-6-22(32)33-26(21(31)14-27)15(2)11-19-18-8-7-16-12-17(29)9-10-23(16,3)25(18,28)20(30)13-24(19,26)4;1-15(27)4-7-22(31)33-14-21(30)26(32)11-9-19-18-6-5-16-12-17(28)8-10-24(16,2)23(18)20(29)13-25(19,26)3;1-20-8-6-14(23)10-13(20)4-5-15-16-7-9-22(26,18(25)12-29-30(3,27)28)21(16,2)11-17(24)19(15)20/h8,11-12,19-21,23,32H,4-7,9-10,13-15H2,1-3H3;9-10,12,15,18-19H,5-8,11,13-14H2,1-4H3;8,10,12,18-20,23,29,32H,4-7,9,11,13-14H2,1-3H3;10,15-17,19,24,26H,4-9,11-12H2,1-3H3,(H,27,28)/p-1. The van der Waals surface area contributed by atoms with Crippen LogP contribution in [-0.4, -0.2) is 198 Å². The third-order valence-electron chi connectivity index (χ3n) is 38.0. The van der Waals surface area contributed by atoms with E-state index >= 15 is 8.78 Å². The first-order valence-corrected chi connectivity index (χ1v) is 50.6. The van der Waals surface area contributed by atoms with E-state index in [1.165, 1.54) is 38.2 Å². The topological polar surface area (TPSA) is 419 Å². The molecule has 0 radical (unpaired) electrons. The molecule has 30 unspecified atom stereocenters. The van der Waals surface area contributed by atoms with Crippen molar-refractivity contribution in [2.75, 3.05) is 32.4 Å². The molecule has 18 aliphatic rings. The molecule has 30 heteroatoms. The minimum absolute atomic E-state index is 0.00474. The summed E-state index contributed by atoms with van der Waals surface area (Å²) < 4.78 is 80.1. The third kappa shape index (κ3) is 15.0.